The SMILES string of the molecule is O=C(O)C[C@@H](Cc1ccccc1)C(=O)Nc1nc(-c2cc(Cl)sc2Cl)cs1. The maximum atomic E-state index is 12.6. The van der Waals surface area contributed by atoms with Crippen LogP contribution in [0, 0.1) is 5.92 Å². The van der Waals surface area contributed by atoms with Crippen LogP contribution in [0.2, 0.25) is 8.67 Å². The molecule has 2 aromatic heterocycles. The number of carboxylic acid groups (broad SMARTS) is 1. The van der Waals surface area contributed by atoms with Crippen molar-refractivity contribution in [1.82, 2.24) is 4.98 Å². The molecule has 5 nitrogen and oxygen atoms in total. The molecule has 0 spiro atoms. The largest absolute Gasteiger partial charge is 0.481 e. The Kier molecular flexibility index (Phi) is 6.49. The van der Waals surface area contributed by atoms with Gasteiger partial charge in [-0.3, -0.25) is 9.59 Å². The number of benzene rings is 1. The molecular weight excluding hydrogens is 427 g/mol. The summed E-state index contributed by atoms with van der Waals surface area (Å²) in [6, 6.07) is 11.0. The van der Waals surface area contributed by atoms with E-state index in [4.69, 9.17) is 28.3 Å². The number of carbonyl (C=O) groups is 2. The number of carbonyl (C=O) groups excluding carboxylic acids is 1. The van der Waals surface area contributed by atoms with Gasteiger partial charge in [-0.1, -0.05) is 53.5 Å². The van der Waals surface area contributed by atoms with Crippen molar-refractivity contribution in [2.75, 3.05) is 5.32 Å². The van der Waals surface area contributed by atoms with E-state index in [1.54, 1.807) is 11.4 Å². The predicted octanol–water partition coefficient (Wildman–Crippen LogP) is 5.45. The summed E-state index contributed by atoms with van der Waals surface area (Å²) in [5.74, 6) is -2.10. The number of hydrogen-bond acceptors (Lipinski definition) is 5. The molecule has 0 saturated heterocycles. The summed E-state index contributed by atoms with van der Waals surface area (Å²) in [7, 11) is 0. The van der Waals surface area contributed by atoms with E-state index in [1.807, 2.05) is 30.3 Å². The average Bonchev–Trinajstić information content (AvgIpc) is 3.20. The number of carboxylic acids is 1. The highest BCUT2D eigenvalue weighted by Crippen LogP contribution is 2.39. The molecule has 0 aliphatic heterocycles. The van der Waals surface area contributed by atoms with Gasteiger partial charge in [-0.25, -0.2) is 4.98 Å². The van der Waals surface area contributed by atoms with Gasteiger partial charge in [-0.15, -0.1) is 22.7 Å². The molecule has 2 heterocycles. The number of thiazole rings is 1. The Morgan fingerprint density at radius 1 is 1.22 bits per heavy atom. The standard InChI is InChI=1S/C18H14Cl2N2O3S2/c19-14-8-12(16(20)27-14)13-9-26-18(21-13)22-17(25)11(7-15(23)24)6-10-4-2-1-3-5-10/h1-5,8-9,11H,6-7H2,(H,23,24)(H,21,22,25)/t11-/m1/s1. The number of aliphatic carboxylic acids is 1. The average molecular weight is 441 g/mol. The number of amides is 1. The maximum Gasteiger partial charge on any atom is 0.304 e. The van der Waals surface area contributed by atoms with E-state index in [0.29, 0.717) is 31.5 Å². The van der Waals surface area contributed by atoms with Crippen LogP contribution in [0.25, 0.3) is 11.3 Å². The second-order valence-corrected chi connectivity index (χ2v) is 8.89. The Bertz CT molecular complexity index is 957. The van der Waals surface area contributed by atoms with Crippen LogP contribution in [0.15, 0.2) is 41.8 Å². The fourth-order valence-corrected chi connectivity index (χ4v) is 4.74. The molecule has 27 heavy (non-hydrogen) atoms. The van der Waals surface area contributed by atoms with Crippen LogP contribution in [0.4, 0.5) is 5.13 Å². The van der Waals surface area contributed by atoms with Crippen molar-refractivity contribution in [1.29, 1.82) is 0 Å². The number of rotatable bonds is 7. The van der Waals surface area contributed by atoms with Crippen LogP contribution in [0.3, 0.4) is 0 Å². The van der Waals surface area contributed by atoms with Gasteiger partial charge in [0.1, 0.15) is 4.34 Å². The molecule has 2 N–H and O–H groups in total. The molecule has 0 radical (unpaired) electrons. The number of hydrogen-bond donors (Lipinski definition) is 2. The van der Waals surface area contributed by atoms with Gasteiger partial charge in [0.15, 0.2) is 5.13 Å². The Labute approximate surface area is 173 Å². The Morgan fingerprint density at radius 3 is 2.59 bits per heavy atom. The van der Waals surface area contributed by atoms with Gasteiger partial charge in [0.2, 0.25) is 5.91 Å². The van der Waals surface area contributed by atoms with Gasteiger partial charge in [-0.2, -0.15) is 0 Å². The second kappa shape index (κ2) is 8.84. The van der Waals surface area contributed by atoms with Crippen LogP contribution >= 0.6 is 45.9 Å². The van der Waals surface area contributed by atoms with Crippen LogP contribution in [-0.2, 0) is 16.0 Å². The molecule has 1 aromatic carbocycles. The molecule has 3 rings (SSSR count). The summed E-state index contributed by atoms with van der Waals surface area (Å²) in [4.78, 5) is 28.1. The predicted molar refractivity (Wildman–Crippen MR) is 110 cm³/mol. The number of anilines is 1. The molecule has 140 valence electrons. The van der Waals surface area contributed by atoms with Crippen molar-refractivity contribution in [3.63, 3.8) is 0 Å². The van der Waals surface area contributed by atoms with E-state index in [0.717, 1.165) is 5.56 Å². The molecule has 1 amide bonds. The smallest absolute Gasteiger partial charge is 0.304 e. The third-order valence-corrected chi connectivity index (χ3v) is 6.03. The van der Waals surface area contributed by atoms with Crippen LogP contribution in [-0.4, -0.2) is 22.0 Å². The van der Waals surface area contributed by atoms with Crippen LogP contribution < -0.4 is 5.32 Å². The van der Waals surface area contributed by atoms with Crippen molar-refractivity contribution in [3.8, 4) is 11.3 Å². The summed E-state index contributed by atoms with van der Waals surface area (Å²) < 4.78 is 1.08. The maximum absolute atomic E-state index is 12.6. The molecule has 0 aliphatic rings. The summed E-state index contributed by atoms with van der Waals surface area (Å²) in [5, 5.41) is 14.0. The van der Waals surface area contributed by atoms with Gasteiger partial charge in [0.25, 0.3) is 0 Å². The number of halogens is 2. The first-order valence-electron chi connectivity index (χ1n) is 7.89. The van der Waals surface area contributed by atoms with Crippen molar-refractivity contribution in [3.05, 3.63) is 56.0 Å². The minimum absolute atomic E-state index is 0.259. The molecule has 9 heteroatoms. The highest BCUT2D eigenvalue weighted by Gasteiger charge is 2.23. The van der Waals surface area contributed by atoms with E-state index in [9.17, 15) is 9.59 Å². The third kappa shape index (κ3) is 5.29. The molecule has 0 unspecified atom stereocenters. The zero-order chi connectivity index (χ0) is 19.4. The first-order chi connectivity index (χ1) is 12.9. The summed E-state index contributed by atoms with van der Waals surface area (Å²) in [6.45, 7) is 0. The molecule has 1 atom stereocenters. The topological polar surface area (TPSA) is 79.3 Å². The molecule has 0 saturated carbocycles. The van der Waals surface area contributed by atoms with Gasteiger partial charge < -0.3 is 10.4 Å². The third-order valence-electron chi connectivity index (χ3n) is 3.78. The van der Waals surface area contributed by atoms with Crippen LogP contribution in [0.5, 0.6) is 0 Å². The molecular formula is C18H14Cl2N2O3S2. The first kappa shape index (κ1) is 19.8. The van der Waals surface area contributed by atoms with E-state index < -0.39 is 11.9 Å². The van der Waals surface area contributed by atoms with Gasteiger partial charge in [0, 0.05) is 10.9 Å². The first-order valence-corrected chi connectivity index (χ1v) is 10.3. The fraction of sp³-hybridized carbons (Fsp3) is 0.167. The second-order valence-electron chi connectivity index (χ2n) is 5.75. The van der Waals surface area contributed by atoms with Crippen LogP contribution in [0.1, 0.15) is 12.0 Å². The molecule has 3 aromatic rings. The van der Waals surface area contributed by atoms with E-state index in [1.165, 1.54) is 22.7 Å². The quantitative estimate of drug-likeness (QED) is 0.511. The number of nitrogens with one attached hydrogen (secondary N) is 1. The molecule has 0 aliphatic carbocycles. The van der Waals surface area contributed by atoms with Crippen molar-refractivity contribution in [2.45, 2.75) is 12.8 Å². The number of nitrogens with zero attached hydrogens (tertiary/aromatic N) is 1. The fourth-order valence-electron chi connectivity index (χ4n) is 2.54. The number of aromatic nitrogens is 1. The lowest BCUT2D eigenvalue weighted by Gasteiger charge is -2.14. The monoisotopic (exact) mass is 440 g/mol. The Balaban J connectivity index is 1.73. The van der Waals surface area contributed by atoms with Gasteiger partial charge in [-0.05, 0) is 18.1 Å². The van der Waals surface area contributed by atoms with Crippen molar-refractivity contribution in [2.24, 2.45) is 5.92 Å². The van der Waals surface area contributed by atoms with Gasteiger partial charge >= 0.3 is 5.97 Å². The lowest BCUT2D eigenvalue weighted by molar-refractivity contribution is -0.140. The molecule has 0 fully saturated rings. The summed E-state index contributed by atoms with van der Waals surface area (Å²) in [5.41, 5.74) is 2.22. The Morgan fingerprint density at radius 2 is 1.96 bits per heavy atom. The van der Waals surface area contributed by atoms with Crippen molar-refractivity contribution >= 4 is 62.9 Å². The molecule has 0 bridgehead atoms. The normalized spacial score (nSPS) is 11.9. The summed E-state index contributed by atoms with van der Waals surface area (Å²) >= 11 is 14.6. The Hall–Kier alpha value is -1.93. The summed E-state index contributed by atoms with van der Waals surface area (Å²) in [6.07, 6.45) is 0.0775. The highest BCUT2D eigenvalue weighted by molar-refractivity contribution is 7.20. The van der Waals surface area contributed by atoms with Crippen molar-refractivity contribution < 1.29 is 14.7 Å². The van der Waals surface area contributed by atoms with E-state index in [2.05, 4.69) is 10.3 Å². The zero-order valence-electron chi connectivity index (χ0n) is 13.8. The van der Waals surface area contributed by atoms with E-state index >= 15 is 0 Å². The minimum Gasteiger partial charge on any atom is -0.481 e. The number of thiophene rings is 1. The minimum atomic E-state index is -1.02. The van der Waals surface area contributed by atoms with Gasteiger partial charge in [0.05, 0.1) is 22.4 Å². The lowest BCUT2D eigenvalue weighted by Crippen LogP contribution is -2.27. The zero-order valence-corrected chi connectivity index (χ0v) is 17.0. The lowest BCUT2D eigenvalue weighted by atomic mass is 9.95. The highest BCUT2D eigenvalue weighted by atomic mass is 35.5. The van der Waals surface area contributed by atoms with E-state index in [-0.39, 0.29) is 12.3 Å².